The lowest BCUT2D eigenvalue weighted by Gasteiger charge is -2.08. The first-order valence-corrected chi connectivity index (χ1v) is 8.46. The summed E-state index contributed by atoms with van der Waals surface area (Å²) in [6, 6.07) is 4.45. The molecule has 3 amide bonds. The Kier molecular flexibility index (Phi) is 9.19. The average Bonchev–Trinajstić information content (AvgIpc) is 2.54. The summed E-state index contributed by atoms with van der Waals surface area (Å²) in [5.74, 6) is -1.21. The van der Waals surface area contributed by atoms with Crippen LogP contribution in [-0.2, 0) is 9.59 Å². The summed E-state index contributed by atoms with van der Waals surface area (Å²) in [5, 5.41) is 8.19. The maximum Gasteiger partial charge on any atom is 0.253 e. The van der Waals surface area contributed by atoms with Gasteiger partial charge in [-0.3, -0.25) is 14.4 Å². The Morgan fingerprint density at radius 1 is 0.958 bits per heavy atom. The van der Waals surface area contributed by atoms with Gasteiger partial charge in [0, 0.05) is 11.6 Å². The minimum Gasteiger partial charge on any atom is -0.355 e. The smallest absolute Gasteiger partial charge is 0.253 e. The number of halogens is 2. The molecule has 24 heavy (non-hydrogen) atoms. The van der Waals surface area contributed by atoms with Crippen molar-refractivity contribution >= 4 is 40.9 Å². The van der Waals surface area contributed by atoms with Crippen molar-refractivity contribution in [1.29, 1.82) is 0 Å². The summed E-state index contributed by atoms with van der Waals surface area (Å²) < 4.78 is 0. The maximum atomic E-state index is 11.9. The third kappa shape index (κ3) is 7.66. The molecule has 0 unspecified atom stereocenters. The molecule has 0 aliphatic heterocycles. The highest BCUT2D eigenvalue weighted by Gasteiger charge is 2.12. The quantitative estimate of drug-likeness (QED) is 0.579. The molecule has 0 aromatic heterocycles. The van der Waals surface area contributed by atoms with Gasteiger partial charge in [0.05, 0.1) is 23.7 Å². The number of nitrogens with one attached hydrogen (secondary N) is 3. The van der Waals surface area contributed by atoms with Crippen molar-refractivity contribution in [2.45, 2.75) is 26.2 Å². The van der Waals surface area contributed by atoms with Crippen molar-refractivity contribution in [1.82, 2.24) is 16.0 Å². The summed E-state index contributed by atoms with van der Waals surface area (Å²) in [4.78, 5) is 35.1. The molecule has 0 fully saturated rings. The molecular formula is C16H21Cl2N3O3. The molecule has 8 heteroatoms. The minimum absolute atomic E-state index is 0.122. The lowest BCUT2D eigenvalue weighted by molar-refractivity contribution is -0.125. The van der Waals surface area contributed by atoms with E-state index in [2.05, 4.69) is 22.9 Å². The normalized spacial score (nSPS) is 10.1. The Bertz CT molecular complexity index is 594. The maximum absolute atomic E-state index is 11.9. The molecule has 0 heterocycles. The second kappa shape index (κ2) is 10.9. The fraction of sp³-hybridized carbons (Fsp3) is 0.438. The Labute approximate surface area is 151 Å². The predicted molar refractivity (Wildman–Crippen MR) is 94.3 cm³/mol. The van der Waals surface area contributed by atoms with Gasteiger partial charge in [-0.25, -0.2) is 0 Å². The highest BCUT2D eigenvalue weighted by atomic mass is 35.5. The van der Waals surface area contributed by atoms with E-state index in [4.69, 9.17) is 23.2 Å². The van der Waals surface area contributed by atoms with Gasteiger partial charge in [-0.05, 0) is 24.6 Å². The molecule has 0 aliphatic rings. The number of unbranched alkanes of at least 4 members (excludes halogenated alkanes) is 2. The van der Waals surface area contributed by atoms with Gasteiger partial charge in [0.15, 0.2) is 0 Å². The average molecular weight is 374 g/mol. The Balaban J connectivity index is 2.28. The molecule has 1 aromatic rings. The molecule has 1 aromatic carbocycles. The molecule has 3 N–H and O–H groups in total. The number of hydrogen-bond acceptors (Lipinski definition) is 3. The summed E-state index contributed by atoms with van der Waals surface area (Å²) in [6.07, 6.45) is 3.03. The van der Waals surface area contributed by atoms with Gasteiger partial charge in [0.1, 0.15) is 0 Å². The van der Waals surface area contributed by atoms with Crippen LogP contribution in [0.3, 0.4) is 0 Å². The SMILES string of the molecule is CCCCCNC(=O)CNC(=O)CNC(=O)c1ccc(Cl)cc1Cl. The zero-order valence-corrected chi connectivity index (χ0v) is 15.0. The van der Waals surface area contributed by atoms with Crippen molar-refractivity contribution < 1.29 is 14.4 Å². The number of carbonyl (C=O) groups excluding carboxylic acids is 3. The first kappa shape index (κ1) is 20.3. The van der Waals surface area contributed by atoms with Crippen LogP contribution in [0.2, 0.25) is 10.0 Å². The number of benzene rings is 1. The molecule has 0 radical (unpaired) electrons. The summed E-state index contributed by atoms with van der Waals surface area (Å²) in [6.45, 7) is 2.30. The Morgan fingerprint density at radius 3 is 2.29 bits per heavy atom. The van der Waals surface area contributed by atoms with Crippen molar-refractivity contribution in [2.24, 2.45) is 0 Å². The standard InChI is InChI=1S/C16H21Cl2N3O3/c1-2-3-4-7-19-14(22)9-20-15(23)10-21-16(24)12-6-5-11(17)8-13(12)18/h5-6,8H,2-4,7,9-10H2,1H3,(H,19,22)(H,20,23)(H,21,24). The third-order valence-electron chi connectivity index (χ3n) is 3.13. The first-order chi connectivity index (χ1) is 11.4. The van der Waals surface area contributed by atoms with Crippen molar-refractivity contribution in [3.8, 4) is 0 Å². The van der Waals surface area contributed by atoms with E-state index in [1.807, 2.05) is 0 Å². The van der Waals surface area contributed by atoms with Gasteiger partial charge in [-0.1, -0.05) is 43.0 Å². The van der Waals surface area contributed by atoms with Crippen molar-refractivity contribution in [3.05, 3.63) is 33.8 Å². The van der Waals surface area contributed by atoms with E-state index >= 15 is 0 Å². The highest BCUT2D eigenvalue weighted by molar-refractivity contribution is 6.36. The molecule has 0 saturated heterocycles. The molecule has 0 aliphatic carbocycles. The molecular weight excluding hydrogens is 353 g/mol. The van der Waals surface area contributed by atoms with Crippen LogP contribution in [0.5, 0.6) is 0 Å². The lowest BCUT2D eigenvalue weighted by Crippen LogP contribution is -2.42. The van der Waals surface area contributed by atoms with E-state index in [1.54, 1.807) is 0 Å². The van der Waals surface area contributed by atoms with Crippen LogP contribution >= 0.6 is 23.2 Å². The minimum atomic E-state index is -0.490. The van der Waals surface area contributed by atoms with Gasteiger partial charge < -0.3 is 16.0 Å². The monoisotopic (exact) mass is 373 g/mol. The zero-order valence-electron chi connectivity index (χ0n) is 13.5. The summed E-state index contributed by atoms with van der Waals surface area (Å²) in [7, 11) is 0. The molecule has 0 saturated carbocycles. The number of hydrogen-bond donors (Lipinski definition) is 3. The molecule has 0 bridgehead atoms. The summed E-state index contributed by atoms with van der Waals surface area (Å²) in [5.41, 5.74) is 0.225. The van der Waals surface area contributed by atoms with Crippen molar-refractivity contribution in [3.63, 3.8) is 0 Å². The van der Waals surface area contributed by atoms with Gasteiger partial charge in [0.25, 0.3) is 5.91 Å². The van der Waals surface area contributed by atoms with Crippen LogP contribution in [0.15, 0.2) is 18.2 Å². The Morgan fingerprint density at radius 2 is 1.62 bits per heavy atom. The van der Waals surface area contributed by atoms with E-state index in [0.29, 0.717) is 11.6 Å². The fourth-order valence-electron chi connectivity index (χ4n) is 1.84. The first-order valence-electron chi connectivity index (χ1n) is 7.70. The molecule has 0 spiro atoms. The van der Waals surface area contributed by atoms with Crippen LogP contribution in [0, 0.1) is 0 Å². The molecule has 132 valence electrons. The van der Waals surface area contributed by atoms with Gasteiger partial charge >= 0.3 is 0 Å². The second-order valence-electron chi connectivity index (χ2n) is 5.14. The summed E-state index contributed by atoms with van der Waals surface area (Å²) >= 11 is 11.7. The predicted octanol–water partition coefficient (Wildman–Crippen LogP) is 2.15. The van der Waals surface area contributed by atoms with E-state index in [9.17, 15) is 14.4 Å². The molecule has 6 nitrogen and oxygen atoms in total. The fourth-order valence-corrected chi connectivity index (χ4v) is 2.33. The number of carbonyl (C=O) groups is 3. The van der Waals surface area contributed by atoms with Crippen LogP contribution < -0.4 is 16.0 Å². The number of rotatable bonds is 9. The third-order valence-corrected chi connectivity index (χ3v) is 3.68. The second-order valence-corrected chi connectivity index (χ2v) is 5.98. The topological polar surface area (TPSA) is 87.3 Å². The van der Waals surface area contributed by atoms with Crippen LogP contribution in [-0.4, -0.2) is 37.4 Å². The van der Waals surface area contributed by atoms with E-state index in [-0.39, 0.29) is 29.6 Å². The van der Waals surface area contributed by atoms with Crippen LogP contribution in [0.25, 0.3) is 0 Å². The zero-order chi connectivity index (χ0) is 17.9. The van der Waals surface area contributed by atoms with Gasteiger partial charge in [0.2, 0.25) is 11.8 Å². The number of amides is 3. The van der Waals surface area contributed by atoms with E-state index in [0.717, 1.165) is 19.3 Å². The largest absolute Gasteiger partial charge is 0.355 e. The molecule has 1 rings (SSSR count). The van der Waals surface area contributed by atoms with Gasteiger partial charge in [-0.2, -0.15) is 0 Å². The van der Waals surface area contributed by atoms with Crippen molar-refractivity contribution in [2.75, 3.05) is 19.6 Å². The lowest BCUT2D eigenvalue weighted by atomic mass is 10.2. The van der Waals surface area contributed by atoms with Crippen LogP contribution in [0.1, 0.15) is 36.5 Å². The van der Waals surface area contributed by atoms with E-state index in [1.165, 1.54) is 18.2 Å². The van der Waals surface area contributed by atoms with Crippen LogP contribution in [0.4, 0.5) is 0 Å². The van der Waals surface area contributed by atoms with E-state index < -0.39 is 11.8 Å². The van der Waals surface area contributed by atoms with Gasteiger partial charge in [-0.15, -0.1) is 0 Å². The Hall–Kier alpha value is -1.79. The highest BCUT2D eigenvalue weighted by Crippen LogP contribution is 2.20. The molecule has 0 atom stereocenters.